The molecule has 0 aliphatic carbocycles. The second kappa shape index (κ2) is 4.50. The fourth-order valence-electron chi connectivity index (χ4n) is 2.08. The first-order valence-electron chi connectivity index (χ1n) is 5.70. The van der Waals surface area contributed by atoms with Crippen molar-refractivity contribution in [3.05, 3.63) is 46.5 Å². The Morgan fingerprint density at radius 3 is 2.84 bits per heavy atom. The molecule has 100 valence electrons. The molecule has 1 aliphatic rings. The van der Waals surface area contributed by atoms with Crippen LogP contribution in [0.5, 0.6) is 0 Å². The molecular weight excluding hydrogens is 284 g/mol. The van der Waals surface area contributed by atoms with Crippen molar-refractivity contribution in [1.82, 2.24) is 4.41 Å². The summed E-state index contributed by atoms with van der Waals surface area (Å²) in [7, 11) is -3.39. The first-order valence-corrected chi connectivity index (χ1v) is 8.42. The largest absolute Gasteiger partial charge is 0.463 e. The summed E-state index contributed by atoms with van der Waals surface area (Å²) in [5, 5.41) is 6.15. The second-order valence-electron chi connectivity index (χ2n) is 4.29. The number of thiophene rings is 1. The van der Waals surface area contributed by atoms with Gasteiger partial charge in [0.15, 0.2) is 0 Å². The fourth-order valence-corrected chi connectivity index (χ4v) is 3.85. The van der Waals surface area contributed by atoms with Crippen molar-refractivity contribution in [2.24, 2.45) is 5.10 Å². The molecule has 0 fully saturated rings. The Hall–Kier alpha value is -1.60. The predicted octanol–water partition coefficient (Wildman–Crippen LogP) is 2.45. The summed E-state index contributed by atoms with van der Waals surface area (Å²) in [5.74, 6) is 0.618. The minimum Gasteiger partial charge on any atom is -0.463 e. The molecule has 2 aromatic heterocycles. The molecule has 1 atom stereocenters. The molecule has 0 saturated carbocycles. The molecule has 0 bridgehead atoms. The van der Waals surface area contributed by atoms with Gasteiger partial charge in [0.2, 0.25) is 10.0 Å². The highest BCUT2D eigenvalue weighted by molar-refractivity contribution is 7.88. The Bertz CT molecular complexity index is 687. The van der Waals surface area contributed by atoms with Crippen molar-refractivity contribution < 1.29 is 12.8 Å². The van der Waals surface area contributed by atoms with Crippen LogP contribution in [0, 0.1) is 0 Å². The number of furan rings is 1. The summed E-state index contributed by atoms with van der Waals surface area (Å²) in [6, 6.07) is 7.12. The average Bonchev–Trinajstić information content (AvgIpc) is 3.09. The smallest absolute Gasteiger partial charge is 0.247 e. The standard InChI is InChI=1S/C12H12N2O3S2/c1-19(15,16)14-10(12-5-3-7-18-12)8-9(13-14)11-4-2-6-17-11/h2-7,10H,8H2,1H3/t10-/m0/s1. The lowest BCUT2D eigenvalue weighted by Crippen LogP contribution is -2.25. The molecule has 0 amide bonds. The molecule has 19 heavy (non-hydrogen) atoms. The summed E-state index contributed by atoms with van der Waals surface area (Å²) < 4.78 is 30.2. The van der Waals surface area contributed by atoms with Gasteiger partial charge in [0.25, 0.3) is 0 Å². The van der Waals surface area contributed by atoms with Crippen molar-refractivity contribution in [3.63, 3.8) is 0 Å². The van der Waals surface area contributed by atoms with Crippen LogP contribution in [0.4, 0.5) is 0 Å². The molecule has 0 aromatic carbocycles. The van der Waals surface area contributed by atoms with E-state index in [0.29, 0.717) is 17.9 Å². The van der Waals surface area contributed by atoms with E-state index in [4.69, 9.17) is 4.42 Å². The average molecular weight is 296 g/mol. The number of rotatable bonds is 3. The lowest BCUT2D eigenvalue weighted by Gasteiger charge is -2.19. The normalized spacial score (nSPS) is 19.7. The summed E-state index contributed by atoms with van der Waals surface area (Å²) in [6.45, 7) is 0. The first-order chi connectivity index (χ1) is 9.05. The highest BCUT2D eigenvalue weighted by Gasteiger charge is 2.35. The molecular formula is C12H12N2O3S2. The third kappa shape index (κ3) is 2.31. The van der Waals surface area contributed by atoms with Crippen LogP contribution in [0.2, 0.25) is 0 Å². The van der Waals surface area contributed by atoms with Gasteiger partial charge in [-0.15, -0.1) is 11.3 Å². The van der Waals surface area contributed by atoms with Gasteiger partial charge in [-0.25, -0.2) is 8.42 Å². The van der Waals surface area contributed by atoms with E-state index in [0.717, 1.165) is 4.88 Å². The van der Waals surface area contributed by atoms with Crippen LogP contribution in [-0.4, -0.2) is 24.8 Å². The highest BCUT2D eigenvalue weighted by atomic mass is 32.2. The Kier molecular flexibility index (Phi) is 2.94. The van der Waals surface area contributed by atoms with Gasteiger partial charge in [-0.2, -0.15) is 9.52 Å². The molecule has 2 aromatic rings. The van der Waals surface area contributed by atoms with Gasteiger partial charge in [-0.1, -0.05) is 6.07 Å². The van der Waals surface area contributed by atoms with Gasteiger partial charge >= 0.3 is 0 Å². The molecule has 0 unspecified atom stereocenters. The Morgan fingerprint density at radius 1 is 1.42 bits per heavy atom. The van der Waals surface area contributed by atoms with Gasteiger partial charge in [0.1, 0.15) is 17.5 Å². The van der Waals surface area contributed by atoms with Crippen LogP contribution in [0.1, 0.15) is 23.1 Å². The van der Waals surface area contributed by atoms with Crippen LogP contribution in [0.3, 0.4) is 0 Å². The summed E-state index contributed by atoms with van der Waals surface area (Å²) in [6.07, 6.45) is 3.25. The minimum absolute atomic E-state index is 0.268. The van der Waals surface area contributed by atoms with Gasteiger partial charge < -0.3 is 4.42 Å². The maximum atomic E-state index is 11.8. The maximum absolute atomic E-state index is 11.8. The van der Waals surface area contributed by atoms with Gasteiger partial charge in [-0.3, -0.25) is 0 Å². The molecule has 3 heterocycles. The molecule has 1 aliphatic heterocycles. The minimum atomic E-state index is -3.39. The van der Waals surface area contributed by atoms with E-state index in [-0.39, 0.29) is 6.04 Å². The second-order valence-corrected chi connectivity index (χ2v) is 7.11. The Labute approximate surface area is 115 Å². The highest BCUT2D eigenvalue weighted by Crippen LogP contribution is 2.36. The summed E-state index contributed by atoms with van der Waals surface area (Å²) in [4.78, 5) is 0.982. The van der Waals surface area contributed by atoms with E-state index >= 15 is 0 Å². The summed E-state index contributed by atoms with van der Waals surface area (Å²) in [5.41, 5.74) is 0.661. The van der Waals surface area contributed by atoms with Crippen LogP contribution < -0.4 is 0 Å². The third-order valence-corrected chi connectivity index (χ3v) is 4.88. The lowest BCUT2D eigenvalue weighted by atomic mass is 10.1. The van der Waals surface area contributed by atoms with E-state index < -0.39 is 10.0 Å². The topological polar surface area (TPSA) is 62.9 Å². The zero-order chi connectivity index (χ0) is 13.5. The zero-order valence-electron chi connectivity index (χ0n) is 10.2. The monoisotopic (exact) mass is 296 g/mol. The molecule has 7 heteroatoms. The molecule has 5 nitrogen and oxygen atoms in total. The van der Waals surface area contributed by atoms with Crippen LogP contribution in [0.25, 0.3) is 0 Å². The van der Waals surface area contributed by atoms with Crippen molar-refractivity contribution in [2.75, 3.05) is 6.26 Å². The van der Waals surface area contributed by atoms with Gasteiger partial charge in [0.05, 0.1) is 12.5 Å². The van der Waals surface area contributed by atoms with Crippen LogP contribution in [-0.2, 0) is 10.0 Å². The first kappa shape index (κ1) is 12.4. The van der Waals surface area contributed by atoms with Crippen LogP contribution in [0.15, 0.2) is 45.4 Å². The number of hydrogen-bond acceptors (Lipinski definition) is 5. The number of nitrogens with zero attached hydrogens (tertiary/aromatic N) is 2. The molecule has 0 saturated heterocycles. The number of sulfonamides is 1. The van der Waals surface area contributed by atoms with Crippen molar-refractivity contribution in [1.29, 1.82) is 0 Å². The molecule has 0 radical (unpaired) electrons. The zero-order valence-corrected chi connectivity index (χ0v) is 11.8. The number of hydrazone groups is 1. The molecule has 0 N–H and O–H groups in total. The maximum Gasteiger partial charge on any atom is 0.247 e. The van der Waals surface area contributed by atoms with Crippen molar-refractivity contribution in [3.8, 4) is 0 Å². The molecule has 3 rings (SSSR count). The fraction of sp³-hybridized carbons (Fsp3) is 0.250. The van der Waals surface area contributed by atoms with E-state index in [2.05, 4.69) is 5.10 Å². The van der Waals surface area contributed by atoms with Gasteiger partial charge in [-0.05, 0) is 23.6 Å². The Balaban J connectivity index is 2.00. The Morgan fingerprint density at radius 2 is 2.26 bits per heavy atom. The molecule has 0 spiro atoms. The predicted molar refractivity (Wildman–Crippen MR) is 73.6 cm³/mol. The summed E-state index contributed by atoms with van der Waals surface area (Å²) >= 11 is 1.53. The van der Waals surface area contributed by atoms with E-state index in [1.54, 1.807) is 18.4 Å². The van der Waals surface area contributed by atoms with E-state index in [1.807, 2.05) is 17.5 Å². The number of hydrogen-bond donors (Lipinski definition) is 0. The van der Waals surface area contributed by atoms with E-state index in [9.17, 15) is 8.42 Å². The van der Waals surface area contributed by atoms with Crippen LogP contribution >= 0.6 is 11.3 Å². The lowest BCUT2D eigenvalue weighted by molar-refractivity contribution is 0.379. The SMILES string of the molecule is CS(=O)(=O)N1N=C(c2ccco2)C[C@H]1c1cccs1. The third-order valence-electron chi connectivity index (χ3n) is 2.89. The van der Waals surface area contributed by atoms with Crippen molar-refractivity contribution in [2.45, 2.75) is 12.5 Å². The quantitative estimate of drug-likeness (QED) is 0.874. The van der Waals surface area contributed by atoms with Crippen molar-refractivity contribution >= 4 is 27.1 Å². The van der Waals surface area contributed by atoms with Gasteiger partial charge in [0, 0.05) is 11.3 Å². The van der Waals surface area contributed by atoms with E-state index in [1.165, 1.54) is 22.0 Å².